The second-order valence-electron chi connectivity index (χ2n) is 8.84. The Kier molecular flexibility index (Phi) is 7.55. The summed E-state index contributed by atoms with van der Waals surface area (Å²) in [5, 5.41) is 22.0. The number of thiazole rings is 1. The maximum absolute atomic E-state index is 12.7. The molecule has 1 fully saturated rings. The number of benzene rings is 1. The number of imidazole rings is 1. The number of carboxylic acids is 1. The molecular weight excluding hydrogens is 618 g/mol. The van der Waals surface area contributed by atoms with Crippen LogP contribution in [-0.4, -0.2) is 50.0 Å². The van der Waals surface area contributed by atoms with Crippen LogP contribution in [0.15, 0.2) is 47.5 Å². The van der Waals surface area contributed by atoms with Gasteiger partial charge in [0.15, 0.2) is 0 Å². The number of amides is 1. The lowest BCUT2D eigenvalue weighted by atomic mass is 9.77. The van der Waals surface area contributed by atoms with E-state index in [1.807, 2.05) is 30.1 Å². The average molecular weight is 643 g/mol. The van der Waals surface area contributed by atoms with Crippen molar-refractivity contribution >= 4 is 61.3 Å². The number of halogens is 2. The Morgan fingerprint density at radius 3 is 2.69 bits per heavy atom. The number of rotatable bonds is 7. The van der Waals surface area contributed by atoms with Crippen molar-refractivity contribution in [1.29, 1.82) is 0 Å². The zero-order valence-corrected chi connectivity index (χ0v) is 24.1. The normalized spacial score (nSPS) is 22.3. The first-order valence-electron chi connectivity index (χ1n) is 11.0. The molecule has 0 spiro atoms. The summed E-state index contributed by atoms with van der Waals surface area (Å²) in [6.07, 6.45) is 5.24. The van der Waals surface area contributed by atoms with Gasteiger partial charge in [-0.05, 0) is 24.3 Å². The van der Waals surface area contributed by atoms with Crippen molar-refractivity contribution in [2.75, 3.05) is 6.26 Å². The number of thioether (sulfide) groups is 1. The predicted octanol–water partition coefficient (Wildman–Crippen LogP) is 0.611. The quantitative estimate of drug-likeness (QED) is 0.171. The van der Waals surface area contributed by atoms with E-state index in [0.717, 1.165) is 26.6 Å². The number of aliphatic carboxylic acids is 1. The minimum absolute atomic E-state index is 0. The fourth-order valence-corrected chi connectivity index (χ4v) is 7.80. The van der Waals surface area contributed by atoms with Crippen LogP contribution >= 0.6 is 39.0 Å². The van der Waals surface area contributed by atoms with E-state index in [9.17, 15) is 19.8 Å². The van der Waals surface area contributed by atoms with E-state index in [1.165, 1.54) is 16.0 Å². The number of carbonyl (C=O) groups excluding carboxylic acids is 1. The lowest BCUT2D eigenvalue weighted by molar-refractivity contribution is -0.508. The second-order valence-corrected chi connectivity index (χ2v) is 11.2. The monoisotopic (exact) mass is 641 g/mol. The Morgan fingerprint density at radius 1 is 1.34 bits per heavy atom. The van der Waals surface area contributed by atoms with Gasteiger partial charge in [-0.2, -0.15) is 4.40 Å². The molecule has 35 heavy (non-hydrogen) atoms. The van der Waals surface area contributed by atoms with Crippen LogP contribution in [0.25, 0.3) is 10.4 Å². The van der Waals surface area contributed by atoms with Crippen LogP contribution in [0.4, 0.5) is 0 Å². The summed E-state index contributed by atoms with van der Waals surface area (Å²) < 4.78 is 4.25. The highest BCUT2D eigenvalue weighted by Crippen LogP contribution is 2.51. The number of aliphatic hydroxyl groups is 1. The predicted molar refractivity (Wildman–Crippen MR) is 135 cm³/mol. The molecule has 0 unspecified atom stereocenters. The van der Waals surface area contributed by atoms with Gasteiger partial charge in [-0.3, -0.25) is 4.79 Å². The Hall–Kier alpha value is -1.66. The van der Waals surface area contributed by atoms with Crippen molar-refractivity contribution in [2.24, 2.45) is 11.8 Å². The first-order chi connectivity index (χ1) is 16.3. The maximum atomic E-state index is 12.7. The van der Waals surface area contributed by atoms with Crippen molar-refractivity contribution < 1.29 is 41.2 Å². The molecule has 0 bridgehead atoms. The number of aliphatic hydroxyl groups excluding tert-OH is 1. The number of alkyl halides is 1. The highest BCUT2D eigenvalue weighted by molar-refractivity contribution is 9.08. The number of carbonyl (C=O) groups is 2. The molecule has 0 radical (unpaired) electrons. The smallest absolute Gasteiger partial charge is 0.352 e. The first-order valence-corrected chi connectivity index (χ1v) is 14.1. The third kappa shape index (κ3) is 4.19. The summed E-state index contributed by atoms with van der Waals surface area (Å²) in [4.78, 5) is 28.1. The fourth-order valence-electron chi connectivity index (χ4n) is 5.28. The minimum atomic E-state index is -1.10. The molecule has 186 valence electrons. The molecule has 5 rings (SSSR count). The number of β-lactam (4-membered cyclic amide) rings is 1. The number of fused-ring (bicyclic) bond motifs is 2. The summed E-state index contributed by atoms with van der Waals surface area (Å²) in [6.45, 7) is 4.28. The summed E-state index contributed by atoms with van der Waals surface area (Å²) in [5.74, 6) is -2.15. The molecule has 0 aliphatic carbocycles. The van der Waals surface area contributed by atoms with Crippen molar-refractivity contribution in [2.45, 2.75) is 42.9 Å². The maximum Gasteiger partial charge on any atom is 0.352 e. The van der Waals surface area contributed by atoms with Crippen molar-refractivity contribution in [3.8, 4) is 0 Å². The molecule has 4 atom stereocenters. The molecule has 2 aliphatic rings. The molecule has 0 saturated carbocycles. The van der Waals surface area contributed by atoms with Crippen LogP contribution in [0, 0.1) is 11.8 Å². The average Bonchev–Trinajstić information content (AvgIpc) is 3.40. The van der Waals surface area contributed by atoms with E-state index in [4.69, 9.17) is 0 Å². The molecule has 1 saturated heterocycles. The molecule has 2 aliphatic heterocycles. The standard InChI is InChI=1S/C24H24BrN3O4S2.BrH/c1-12-17(20(24(31)32)28-19(12)18(13(2)29)21(28)30)16-10-27-11-26(22(33-3)23(27)34-16)9-15-6-4-5-14(7-15)8-25;/h4-7,10-13,18-19,29H,8-9H2,1-3H3;1H/t12-,13+,18+,19+;/m0./s1. The Labute approximate surface area is 230 Å². The molecule has 11 heteroatoms. The van der Waals surface area contributed by atoms with Gasteiger partial charge in [-0.15, -0.1) is 0 Å². The molecule has 2 N–H and O–H groups in total. The highest BCUT2D eigenvalue weighted by Gasteiger charge is 2.60. The SMILES string of the molecule is CSc1c2sc(C3=C(C(=O)O)N4C(=O)[C@H]([C@@H](C)O)[C@H]4[C@H]3C)c[n+]2cn1Cc1cccc(CBr)c1.[Br-]. The van der Waals surface area contributed by atoms with E-state index in [-0.39, 0.29) is 40.5 Å². The Morgan fingerprint density at radius 2 is 2.06 bits per heavy atom. The van der Waals surface area contributed by atoms with E-state index in [1.54, 1.807) is 30.0 Å². The van der Waals surface area contributed by atoms with Crippen molar-refractivity contribution in [1.82, 2.24) is 9.47 Å². The van der Waals surface area contributed by atoms with Crippen LogP contribution in [0.3, 0.4) is 0 Å². The number of carboxylic acid groups (broad SMARTS) is 1. The van der Waals surface area contributed by atoms with Crippen LogP contribution in [0.2, 0.25) is 0 Å². The molecule has 1 aromatic carbocycles. The number of aromatic nitrogens is 2. The third-order valence-corrected chi connectivity index (χ3v) is 9.47. The van der Waals surface area contributed by atoms with Gasteiger partial charge in [0, 0.05) is 16.8 Å². The largest absolute Gasteiger partial charge is 1.00 e. The zero-order valence-electron chi connectivity index (χ0n) is 19.3. The number of nitrogens with zero attached hydrogens (tertiary/aromatic N) is 3. The van der Waals surface area contributed by atoms with Crippen LogP contribution < -0.4 is 21.4 Å². The lowest BCUT2D eigenvalue weighted by Crippen LogP contribution is -3.00. The zero-order chi connectivity index (χ0) is 24.3. The van der Waals surface area contributed by atoms with Gasteiger partial charge < -0.3 is 32.1 Å². The highest BCUT2D eigenvalue weighted by atomic mass is 79.9. The molecule has 3 aromatic rings. The van der Waals surface area contributed by atoms with Gasteiger partial charge >= 0.3 is 5.97 Å². The van der Waals surface area contributed by atoms with Gasteiger partial charge in [-0.1, -0.05) is 70.2 Å². The fraction of sp³-hybridized carbons (Fsp3) is 0.375. The Balaban J connectivity index is 0.00000289. The van der Waals surface area contributed by atoms with Gasteiger partial charge in [0.05, 0.1) is 22.9 Å². The summed E-state index contributed by atoms with van der Waals surface area (Å²) in [5.41, 5.74) is 3.16. The lowest BCUT2D eigenvalue weighted by Gasteiger charge is -2.46. The third-order valence-electron chi connectivity index (χ3n) is 6.74. The Bertz CT molecular complexity index is 1350. The van der Waals surface area contributed by atoms with Gasteiger partial charge in [0.25, 0.3) is 6.33 Å². The van der Waals surface area contributed by atoms with E-state index in [0.29, 0.717) is 5.57 Å². The van der Waals surface area contributed by atoms with Gasteiger partial charge in [0.1, 0.15) is 18.4 Å². The van der Waals surface area contributed by atoms with Gasteiger partial charge in [0.2, 0.25) is 15.8 Å². The molecule has 7 nitrogen and oxygen atoms in total. The molecule has 4 heterocycles. The number of hydrogen-bond donors (Lipinski definition) is 2. The van der Waals surface area contributed by atoms with Crippen LogP contribution in [-0.2, 0) is 21.5 Å². The molecule has 1 amide bonds. The summed E-state index contributed by atoms with van der Waals surface area (Å²) >= 11 is 6.72. The van der Waals surface area contributed by atoms with Crippen molar-refractivity contribution in [3.63, 3.8) is 0 Å². The topological polar surface area (TPSA) is 86.9 Å². The minimum Gasteiger partial charge on any atom is -1.00 e. The van der Waals surface area contributed by atoms with E-state index in [2.05, 4.69) is 44.8 Å². The van der Waals surface area contributed by atoms with Gasteiger partial charge in [-0.25, -0.2) is 9.36 Å². The first kappa shape index (κ1) is 26.4. The van der Waals surface area contributed by atoms with E-state index >= 15 is 0 Å². The van der Waals surface area contributed by atoms with Crippen LogP contribution in [0.1, 0.15) is 29.9 Å². The summed E-state index contributed by atoms with van der Waals surface area (Å²) in [7, 11) is 0. The van der Waals surface area contributed by atoms with Crippen molar-refractivity contribution in [3.05, 3.63) is 58.5 Å². The second kappa shape index (κ2) is 10.0. The molecule has 2 aromatic heterocycles. The molecular formula is C24H25Br2N3O4S2. The summed E-state index contributed by atoms with van der Waals surface area (Å²) in [6, 6.07) is 8.14. The van der Waals surface area contributed by atoms with E-state index < -0.39 is 18.0 Å². The number of hydrogen-bond acceptors (Lipinski definition) is 5. The van der Waals surface area contributed by atoms with Crippen LogP contribution in [0.5, 0.6) is 0 Å².